The minimum absolute atomic E-state index is 0.0229. The molecule has 7 heteroatoms. The molecule has 0 fully saturated rings. The van der Waals surface area contributed by atoms with Crippen molar-refractivity contribution in [3.63, 3.8) is 0 Å². The molecule has 2 N–H and O–H groups in total. The summed E-state index contributed by atoms with van der Waals surface area (Å²) in [6, 6.07) is 11.0. The first-order valence-electron chi connectivity index (χ1n) is 5.97. The molecule has 0 bridgehead atoms. The van der Waals surface area contributed by atoms with Crippen LogP contribution in [0, 0.1) is 10.1 Å². The normalized spacial score (nSPS) is 10.1. The Morgan fingerprint density at radius 2 is 2.05 bits per heavy atom. The second kappa shape index (κ2) is 6.36. The molecule has 0 heterocycles. The Morgan fingerprint density at radius 3 is 2.71 bits per heavy atom. The molecule has 6 nitrogen and oxygen atoms in total. The monoisotopic (exact) mass is 350 g/mol. The van der Waals surface area contributed by atoms with E-state index in [0.29, 0.717) is 16.7 Å². The number of nitro benzene ring substituents is 1. The Labute approximate surface area is 128 Å². The molecule has 0 aliphatic carbocycles. The van der Waals surface area contributed by atoms with Crippen LogP contribution in [0.4, 0.5) is 11.4 Å². The minimum atomic E-state index is -1.02. The largest absolute Gasteiger partial charge is 0.478 e. The summed E-state index contributed by atoms with van der Waals surface area (Å²) in [5, 5.41) is 22.7. The molecular weight excluding hydrogens is 340 g/mol. The summed E-state index contributed by atoms with van der Waals surface area (Å²) >= 11 is 3.25. The van der Waals surface area contributed by atoms with Gasteiger partial charge >= 0.3 is 5.97 Å². The lowest BCUT2D eigenvalue weighted by Crippen LogP contribution is -2.03. The van der Waals surface area contributed by atoms with Gasteiger partial charge < -0.3 is 10.4 Å². The highest BCUT2D eigenvalue weighted by Gasteiger charge is 2.08. The standard InChI is InChI=1S/C14H11BrN2O4/c15-11-5-10(14(18)19)6-12(7-11)16-8-9-2-1-3-13(4-9)17(20)21/h1-7,16H,8H2,(H,18,19). The molecule has 0 atom stereocenters. The number of nitrogens with one attached hydrogen (secondary N) is 1. The number of nitro groups is 1. The summed E-state index contributed by atoms with van der Waals surface area (Å²) in [5.74, 6) is -1.02. The average molecular weight is 351 g/mol. The van der Waals surface area contributed by atoms with E-state index in [4.69, 9.17) is 5.11 Å². The molecule has 2 aromatic rings. The summed E-state index contributed by atoms with van der Waals surface area (Å²) < 4.78 is 0.643. The van der Waals surface area contributed by atoms with Gasteiger partial charge in [-0.25, -0.2) is 4.79 Å². The number of halogens is 1. The number of non-ortho nitro benzene ring substituents is 1. The van der Waals surface area contributed by atoms with Crippen LogP contribution in [-0.2, 0) is 6.54 Å². The topological polar surface area (TPSA) is 92.5 Å². The summed E-state index contributed by atoms with van der Waals surface area (Å²) in [7, 11) is 0. The molecule has 2 rings (SSSR count). The fraction of sp³-hybridized carbons (Fsp3) is 0.0714. The van der Waals surface area contributed by atoms with Crippen LogP contribution in [0.25, 0.3) is 0 Å². The minimum Gasteiger partial charge on any atom is -0.478 e. The van der Waals surface area contributed by atoms with E-state index in [2.05, 4.69) is 21.2 Å². The van der Waals surface area contributed by atoms with Crippen LogP contribution in [0.3, 0.4) is 0 Å². The molecule has 0 saturated carbocycles. The van der Waals surface area contributed by atoms with Crippen molar-refractivity contribution in [2.24, 2.45) is 0 Å². The number of nitrogens with zero attached hydrogens (tertiary/aromatic N) is 1. The molecule has 0 aliphatic heterocycles. The summed E-state index contributed by atoms with van der Waals surface area (Å²) in [6.45, 7) is 0.358. The van der Waals surface area contributed by atoms with Crippen molar-refractivity contribution in [1.29, 1.82) is 0 Å². The van der Waals surface area contributed by atoms with E-state index < -0.39 is 10.9 Å². The highest BCUT2D eigenvalue weighted by molar-refractivity contribution is 9.10. The summed E-state index contributed by atoms with van der Waals surface area (Å²) in [4.78, 5) is 21.2. The Bertz CT molecular complexity index is 703. The lowest BCUT2D eigenvalue weighted by Gasteiger charge is -2.08. The summed E-state index contributed by atoms with van der Waals surface area (Å²) in [5.41, 5.74) is 1.54. The Kier molecular flexibility index (Phi) is 4.54. The zero-order chi connectivity index (χ0) is 15.4. The van der Waals surface area contributed by atoms with Crippen LogP contribution in [0.2, 0.25) is 0 Å². The van der Waals surface area contributed by atoms with Crippen LogP contribution in [0.5, 0.6) is 0 Å². The second-order valence-electron chi connectivity index (χ2n) is 4.31. The Hall–Kier alpha value is -2.41. The zero-order valence-corrected chi connectivity index (χ0v) is 12.3. The van der Waals surface area contributed by atoms with Crippen molar-refractivity contribution in [3.8, 4) is 0 Å². The number of rotatable bonds is 5. The number of hydrogen-bond acceptors (Lipinski definition) is 4. The van der Waals surface area contributed by atoms with Gasteiger partial charge in [0.1, 0.15) is 0 Å². The van der Waals surface area contributed by atoms with Crippen molar-refractivity contribution >= 4 is 33.3 Å². The number of hydrogen-bond donors (Lipinski definition) is 2. The molecule has 0 radical (unpaired) electrons. The molecule has 21 heavy (non-hydrogen) atoms. The third-order valence-electron chi connectivity index (χ3n) is 2.76. The number of carbonyl (C=O) groups is 1. The third kappa shape index (κ3) is 4.03. The SMILES string of the molecule is O=C(O)c1cc(Br)cc(NCc2cccc([N+](=O)[O-])c2)c1. The van der Waals surface area contributed by atoms with Gasteiger partial charge in [0.2, 0.25) is 0 Å². The number of anilines is 1. The van der Waals surface area contributed by atoms with Crippen LogP contribution in [-0.4, -0.2) is 16.0 Å². The highest BCUT2D eigenvalue weighted by atomic mass is 79.9. The molecule has 2 aromatic carbocycles. The molecule has 108 valence electrons. The molecule has 0 amide bonds. The second-order valence-corrected chi connectivity index (χ2v) is 5.23. The van der Waals surface area contributed by atoms with Gasteiger partial charge in [0.15, 0.2) is 0 Å². The van der Waals surface area contributed by atoms with E-state index in [9.17, 15) is 14.9 Å². The fourth-order valence-electron chi connectivity index (χ4n) is 1.80. The van der Waals surface area contributed by atoms with Gasteiger partial charge in [-0.2, -0.15) is 0 Å². The quantitative estimate of drug-likeness (QED) is 0.633. The molecule has 0 saturated heterocycles. The van der Waals surface area contributed by atoms with Gasteiger partial charge in [-0.1, -0.05) is 28.1 Å². The van der Waals surface area contributed by atoms with Crippen molar-refractivity contribution in [2.45, 2.75) is 6.54 Å². The predicted octanol–water partition coefficient (Wildman–Crippen LogP) is 3.67. The van der Waals surface area contributed by atoms with E-state index in [-0.39, 0.29) is 11.3 Å². The smallest absolute Gasteiger partial charge is 0.335 e. The van der Waals surface area contributed by atoms with Gasteiger partial charge in [-0.3, -0.25) is 10.1 Å². The lowest BCUT2D eigenvalue weighted by molar-refractivity contribution is -0.384. The maximum Gasteiger partial charge on any atom is 0.335 e. The maximum atomic E-state index is 11.0. The fourth-order valence-corrected chi connectivity index (χ4v) is 2.29. The van der Waals surface area contributed by atoms with Gasteiger partial charge in [0.05, 0.1) is 10.5 Å². The number of carboxylic acids is 1. The Morgan fingerprint density at radius 1 is 1.29 bits per heavy atom. The van der Waals surface area contributed by atoms with E-state index in [1.807, 2.05) is 0 Å². The maximum absolute atomic E-state index is 11.0. The highest BCUT2D eigenvalue weighted by Crippen LogP contribution is 2.21. The number of benzene rings is 2. The van der Waals surface area contributed by atoms with Crippen molar-refractivity contribution in [2.75, 3.05) is 5.32 Å². The van der Waals surface area contributed by atoms with Crippen LogP contribution in [0.15, 0.2) is 46.9 Å². The Balaban J connectivity index is 2.14. The van der Waals surface area contributed by atoms with Crippen molar-refractivity contribution in [3.05, 3.63) is 68.2 Å². The van der Waals surface area contributed by atoms with E-state index >= 15 is 0 Å². The zero-order valence-electron chi connectivity index (χ0n) is 10.7. The van der Waals surface area contributed by atoms with Crippen LogP contribution < -0.4 is 5.32 Å². The lowest BCUT2D eigenvalue weighted by atomic mass is 10.1. The third-order valence-corrected chi connectivity index (χ3v) is 3.22. The summed E-state index contributed by atoms with van der Waals surface area (Å²) in [6.07, 6.45) is 0. The number of carboxylic acid groups (broad SMARTS) is 1. The van der Waals surface area contributed by atoms with Crippen LogP contribution >= 0.6 is 15.9 Å². The van der Waals surface area contributed by atoms with Crippen LogP contribution in [0.1, 0.15) is 15.9 Å². The first-order chi connectivity index (χ1) is 9.95. The number of aromatic carboxylic acids is 1. The molecule has 0 unspecified atom stereocenters. The van der Waals surface area contributed by atoms with Gasteiger partial charge in [0, 0.05) is 28.8 Å². The van der Waals surface area contributed by atoms with Gasteiger partial charge in [-0.15, -0.1) is 0 Å². The average Bonchev–Trinajstić information content (AvgIpc) is 2.45. The van der Waals surface area contributed by atoms with Gasteiger partial charge in [-0.05, 0) is 23.8 Å². The van der Waals surface area contributed by atoms with E-state index in [1.54, 1.807) is 18.2 Å². The molecule has 0 spiro atoms. The van der Waals surface area contributed by atoms with Gasteiger partial charge in [0.25, 0.3) is 5.69 Å². The predicted molar refractivity (Wildman–Crippen MR) is 81.5 cm³/mol. The van der Waals surface area contributed by atoms with E-state index in [1.165, 1.54) is 24.3 Å². The first-order valence-corrected chi connectivity index (χ1v) is 6.76. The molecule has 0 aliphatic rings. The molecule has 0 aromatic heterocycles. The first kappa shape index (κ1) is 15.0. The molecular formula is C14H11BrN2O4. The van der Waals surface area contributed by atoms with Crippen molar-refractivity contribution < 1.29 is 14.8 Å². The van der Waals surface area contributed by atoms with E-state index in [0.717, 1.165) is 5.56 Å². The van der Waals surface area contributed by atoms with Crippen molar-refractivity contribution in [1.82, 2.24) is 0 Å².